The van der Waals surface area contributed by atoms with Gasteiger partial charge in [0, 0.05) is 12.5 Å². The summed E-state index contributed by atoms with van der Waals surface area (Å²) in [4.78, 5) is 21.4. The van der Waals surface area contributed by atoms with Gasteiger partial charge in [0.05, 0.1) is 0 Å². The molecule has 4 N–H and O–H groups in total. The maximum Gasteiger partial charge on any atom is 0.219 e. The first-order valence-corrected chi connectivity index (χ1v) is 5.25. The molecular formula is C12H16N2O3. The summed E-state index contributed by atoms with van der Waals surface area (Å²) in [5, 5.41) is 0. The Labute approximate surface area is 99.7 Å². The van der Waals surface area contributed by atoms with Crippen LogP contribution in [0.25, 0.3) is 0 Å². The number of ether oxygens (including phenoxy) is 1. The second-order valence-electron chi connectivity index (χ2n) is 3.84. The zero-order valence-corrected chi connectivity index (χ0v) is 9.68. The molecule has 92 valence electrons. The first-order valence-electron chi connectivity index (χ1n) is 5.25. The van der Waals surface area contributed by atoms with E-state index in [0.29, 0.717) is 5.75 Å². The fraction of sp³-hybridized carbons (Fsp3) is 0.333. The van der Waals surface area contributed by atoms with E-state index in [1.54, 1.807) is 24.3 Å². The molecule has 1 aromatic carbocycles. The number of carbonyl (C=O) groups excluding carboxylic acids is 2. The zero-order valence-electron chi connectivity index (χ0n) is 9.68. The van der Waals surface area contributed by atoms with Crippen molar-refractivity contribution in [1.82, 2.24) is 0 Å². The van der Waals surface area contributed by atoms with Gasteiger partial charge < -0.3 is 16.2 Å². The molecule has 0 spiro atoms. The number of ketones is 1. The number of amides is 1. The first kappa shape index (κ1) is 13.2. The molecule has 1 atom stereocenters. The van der Waals surface area contributed by atoms with Crippen LogP contribution in [0.2, 0.25) is 0 Å². The van der Waals surface area contributed by atoms with Crippen molar-refractivity contribution in [3.8, 4) is 5.75 Å². The number of carbonyl (C=O) groups is 2. The van der Waals surface area contributed by atoms with Gasteiger partial charge >= 0.3 is 0 Å². The van der Waals surface area contributed by atoms with Crippen molar-refractivity contribution < 1.29 is 14.3 Å². The van der Waals surface area contributed by atoms with Crippen molar-refractivity contribution in [2.24, 2.45) is 11.5 Å². The number of rotatable bonds is 6. The Kier molecular flexibility index (Phi) is 4.66. The summed E-state index contributed by atoms with van der Waals surface area (Å²) < 4.78 is 5.20. The molecular weight excluding hydrogens is 220 g/mol. The summed E-state index contributed by atoms with van der Waals surface area (Å²) in [5.41, 5.74) is 11.6. The van der Waals surface area contributed by atoms with Crippen LogP contribution in [0.4, 0.5) is 0 Å². The Bertz CT molecular complexity index is 401. The van der Waals surface area contributed by atoms with Crippen molar-refractivity contribution in [1.29, 1.82) is 0 Å². The third-order valence-electron chi connectivity index (χ3n) is 2.17. The van der Waals surface area contributed by atoms with Crippen LogP contribution >= 0.6 is 0 Å². The number of benzene rings is 1. The summed E-state index contributed by atoms with van der Waals surface area (Å²) in [7, 11) is 0. The van der Waals surface area contributed by atoms with E-state index < -0.39 is 11.9 Å². The summed E-state index contributed by atoms with van der Waals surface area (Å²) in [6, 6.07) is 6.51. The minimum atomic E-state index is -0.436. The Balaban J connectivity index is 2.60. The lowest BCUT2D eigenvalue weighted by Gasteiger charge is -2.10. The summed E-state index contributed by atoms with van der Waals surface area (Å²) in [6.07, 6.45) is 0.105. The molecule has 1 rings (SSSR count). The van der Waals surface area contributed by atoms with Gasteiger partial charge in [-0.05, 0) is 24.6 Å². The lowest BCUT2D eigenvalue weighted by atomic mass is 10.0. The molecule has 0 saturated heterocycles. The van der Waals surface area contributed by atoms with E-state index in [9.17, 15) is 9.59 Å². The van der Waals surface area contributed by atoms with E-state index in [-0.39, 0.29) is 18.8 Å². The smallest absolute Gasteiger partial charge is 0.219 e. The van der Waals surface area contributed by atoms with Crippen LogP contribution in [0.15, 0.2) is 24.3 Å². The largest absolute Gasteiger partial charge is 0.486 e. The number of hydrogen-bond acceptors (Lipinski definition) is 4. The average molecular weight is 236 g/mol. The molecule has 5 heteroatoms. The quantitative estimate of drug-likeness (QED) is 0.753. The second-order valence-corrected chi connectivity index (χ2v) is 3.84. The van der Waals surface area contributed by atoms with E-state index >= 15 is 0 Å². The minimum absolute atomic E-state index is 0.0421. The third kappa shape index (κ3) is 4.65. The lowest BCUT2D eigenvalue weighted by molar-refractivity contribution is -0.119. The monoisotopic (exact) mass is 236 g/mol. The van der Waals surface area contributed by atoms with E-state index in [1.165, 1.54) is 6.92 Å². The highest BCUT2D eigenvalue weighted by Gasteiger charge is 2.09. The Morgan fingerprint density at radius 1 is 1.29 bits per heavy atom. The predicted molar refractivity (Wildman–Crippen MR) is 63.4 cm³/mol. The molecule has 1 unspecified atom stereocenters. The Hall–Kier alpha value is -1.88. The molecule has 0 saturated carbocycles. The molecule has 0 radical (unpaired) electrons. The van der Waals surface area contributed by atoms with Crippen LogP contribution in [0.5, 0.6) is 5.75 Å². The number of primary amides is 1. The third-order valence-corrected chi connectivity index (χ3v) is 2.17. The van der Waals surface area contributed by atoms with Crippen molar-refractivity contribution in [3.63, 3.8) is 0 Å². The van der Waals surface area contributed by atoms with E-state index in [2.05, 4.69) is 0 Å². The highest BCUT2D eigenvalue weighted by molar-refractivity contribution is 5.77. The van der Waals surface area contributed by atoms with Gasteiger partial charge in [0.25, 0.3) is 0 Å². The van der Waals surface area contributed by atoms with E-state index in [0.717, 1.165) is 5.56 Å². The Morgan fingerprint density at radius 3 is 2.35 bits per heavy atom. The van der Waals surface area contributed by atoms with Crippen LogP contribution in [0, 0.1) is 0 Å². The topological polar surface area (TPSA) is 95.4 Å². The van der Waals surface area contributed by atoms with Crippen LogP contribution in [0.3, 0.4) is 0 Å². The molecule has 5 nitrogen and oxygen atoms in total. The average Bonchev–Trinajstić information content (AvgIpc) is 2.26. The maximum absolute atomic E-state index is 10.7. The molecule has 0 fully saturated rings. The summed E-state index contributed by atoms with van der Waals surface area (Å²) in [5.74, 6) is 0.115. The van der Waals surface area contributed by atoms with Crippen molar-refractivity contribution >= 4 is 11.7 Å². The molecule has 1 amide bonds. The van der Waals surface area contributed by atoms with Gasteiger partial charge in [-0.15, -0.1) is 0 Å². The first-order chi connectivity index (χ1) is 7.99. The molecule has 0 heterocycles. The second kappa shape index (κ2) is 6.00. The van der Waals surface area contributed by atoms with E-state index in [4.69, 9.17) is 16.2 Å². The lowest BCUT2D eigenvalue weighted by Crippen LogP contribution is -2.20. The van der Waals surface area contributed by atoms with Crippen molar-refractivity contribution in [2.75, 3.05) is 6.61 Å². The molecule has 0 aliphatic rings. The maximum atomic E-state index is 10.7. The van der Waals surface area contributed by atoms with Gasteiger partial charge in [0.1, 0.15) is 12.4 Å². The highest BCUT2D eigenvalue weighted by atomic mass is 16.5. The molecule has 17 heavy (non-hydrogen) atoms. The fourth-order valence-electron chi connectivity index (χ4n) is 1.33. The zero-order chi connectivity index (χ0) is 12.8. The normalized spacial score (nSPS) is 11.9. The molecule has 1 aromatic rings. The number of hydrogen-bond donors (Lipinski definition) is 2. The Morgan fingerprint density at radius 2 is 1.88 bits per heavy atom. The highest BCUT2D eigenvalue weighted by Crippen LogP contribution is 2.18. The molecule has 0 aromatic heterocycles. The fourth-order valence-corrected chi connectivity index (χ4v) is 1.33. The van der Waals surface area contributed by atoms with Crippen LogP contribution in [-0.4, -0.2) is 18.3 Å². The predicted octanol–water partition coefficient (Wildman–Crippen LogP) is 0.530. The molecule has 0 bridgehead atoms. The summed E-state index contributed by atoms with van der Waals surface area (Å²) >= 11 is 0. The minimum Gasteiger partial charge on any atom is -0.486 e. The number of nitrogens with two attached hydrogens (primary N) is 2. The van der Waals surface area contributed by atoms with Crippen LogP contribution in [0.1, 0.15) is 24.9 Å². The number of Topliss-reactive ketones (excluding diaryl/α,β-unsaturated/α-hetero) is 1. The van der Waals surface area contributed by atoms with Gasteiger partial charge in [-0.1, -0.05) is 12.1 Å². The van der Waals surface area contributed by atoms with Gasteiger partial charge in [0.15, 0.2) is 5.78 Å². The van der Waals surface area contributed by atoms with Gasteiger partial charge in [-0.25, -0.2) is 0 Å². The van der Waals surface area contributed by atoms with Crippen LogP contribution in [-0.2, 0) is 9.59 Å². The molecule has 0 aliphatic carbocycles. The van der Waals surface area contributed by atoms with Crippen molar-refractivity contribution in [2.45, 2.75) is 19.4 Å². The van der Waals surface area contributed by atoms with Gasteiger partial charge in [-0.2, -0.15) is 0 Å². The SMILES string of the molecule is CC(=O)COc1ccc(C(N)CC(N)=O)cc1. The summed E-state index contributed by atoms with van der Waals surface area (Å²) in [6.45, 7) is 1.50. The van der Waals surface area contributed by atoms with Crippen molar-refractivity contribution in [3.05, 3.63) is 29.8 Å². The van der Waals surface area contributed by atoms with Gasteiger partial charge in [0.2, 0.25) is 5.91 Å². The van der Waals surface area contributed by atoms with Gasteiger partial charge in [-0.3, -0.25) is 9.59 Å². The molecule has 0 aliphatic heterocycles. The van der Waals surface area contributed by atoms with E-state index in [1.807, 2.05) is 0 Å². The standard InChI is InChI=1S/C12H16N2O3/c1-8(15)7-17-10-4-2-9(3-5-10)11(13)6-12(14)16/h2-5,11H,6-7,13H2,1H3,(H2,14,16). The van der Waals surface area contributed by atoms with Crippen LogP contribution < -0.4 is 16.2 Å².